The third-order valence-corrected chi connectivity index (χ3v) is 10.7. The smallest absolute Gasteiger partial charge is 0.153 e. The van der Waals surface area contributed by atoms with E-state index in [1.54, 1.807) is 0 Å². The van der Waals surface area contributed by atoms with Crippen LogP contribution in [-0.4, -0.2) is 0 Å². The molecule has 0 aliphatic heterocycles. The van der Waals surface area contributed by atoms with Gasteiger partial charge in [-0.2, -0.15) is 0 Å². The van der Waals surface area contributed by atoms with Crippen molar-refractivity contribution >= 4 is 75.7 Å². The van der Waals surface area contributed by atoms with Gasteiger partial charge in [-0.05, 0) is 66.7 Å². The van der Waals surface area contributed by atoms with E-state index in [1.807, 2.05) is 17.4 Å². The van der Waals surface area contributed by atoms with Crippen LogP contribution in [0.4, 0.5) is 0 Å². The van der Waals surface area contributed by atoms with Crippen molar-refractivity contribution < 1.29 is 4.42 Å². The normalized spacial score (nSPS) is 11.9. The van der Waals surface area contributed by atoms with Crippen LogP contribution in [0.2, 0.25) is 0 Å². The zero-order chi connectivity index (χ0) is 30.2. The Kier molecular flexibility index (Phi) is 5.51. The van der Waals surface area contributed by atoms with E-state index in [0.717, 1.165) is 21.9 Å². The summed E-state index contributed by atoms with van der Waals surface area (Å²) in [6.07, 6.45) is 0. The molecular formula is C44H26OS. The average Bonchev–Trinajstić information content (AvgIpc) is 3.70. The third kappa shape index (κ3) is 3.62. The Morgan fingerprint density at radius 1 is 0.370 bits per heavy atom. The van der Waals surface area contributed by atoms with Gasteiger partial charge in [0.25, 0.3) is 0 Å². The monoisotopic (exact) mass is 602 g/mol. The first-order valence-electron chi connectivity index (χ1n) is 15.7. The Balaban J connectivity index is 1.40. The van der Waals surface area contributed by atoms with Gasteiger partial charge in [-0.1, -0.05) is 146 Å². The maximum Gasteiger partial charge on any atom is 0.153 e. The number of hydrogen-bond acceptors (Lipinski definition) is 2. The lowest BCUT2D eigenvalue weighted by Gasteiger charge is -2.19. The predicted octanol–water partition coefficient (Wildman–Crippen LogP) is 13.3. The van der Waals surface area contributed by atoms with Crippen molar-refractivity contribution in [1.82, 2.24) is 0 Å². The van der Waals surface area contributed by atoms with Crippen molar-refractivity contribution in [3.8, 4) is 32.7 Å². The number of fused-ring (bicyclic) bond motifs is 8. The molecule has 0 bridgehead atoms. The van der Waals surface area contributed by atoms with E-state index in [2.05, 4.69) is 152 Å². The van der Waals surface area contributed by atoms with Gasteiger partial charge in [0.1, 0.15) is 5.58 Å². The standard InChI is InChI=1S/C44H26OS/c1-2-14-28(15-3-1)43-41(37-26-25-36-30-18-10-11-24-38(30)45-42(36)44(37)46-43)40-34-21-8-6-19-32(34)39(33-20-7-9-22-35(33)40)31-23-12-16-27-13-4-5-17-29(27)31/h1-26H. The van der Waals surface area contributed by atoms with Crippen molar-refractivity contribution in [1.29, 1.82) is 0 Å². The van der Waals surface area contributed by atoms with Crippen LogP contribution >= 0.6 is 11.3 Å². The van der Waals surface area contributed by atoms with Crippen LogP contribution in [-0.2, 0) is 0 Å². The lowest BCUT2D eigenvalue weighted by atomic mass is 9.83. The van der Waals surface area contributed by atoms with Crippen LogP contribution in [0.25, 0.3) is 97.0 Å². The van der Waals surface area contributed by atoms with Gasteiger partial charge in [0.2, 0.25) is 0 Å². The number of rotatable bonds is 3. The maximum atomic E-state index is 6.61. The van der Waals surface area contributed by atoms with Crippen LogP contribution in [0.1, 0.15) is 0 Å². The van der Waals surface area contributed by atoms with Crippen LogP contribution in [0.15, 0.2) is 162 Å². The molecule has 8 aromatic carbocycles. The fourth-order valence-corrected chi connectivity index (χ4v) is 8.81. The number of furan rings is 1. The number of hydrogen-bond donors (Lipinski definition) is 0. The van der Waals surface area contributed by atoms with Crippen LogP contribution < -0.4 is 0 Å². The summed E-state index contributed by atoms with van der Waals surface area (Å²) in [4.78, 5) is 1.26. The zero-order valence-electron chi connectivity index (χ0n) is 24.8. The van der Waals surface area contributed by atoms with Gasteiger partial charge >= 0.3 is 0 Å². The van der Waals surface area contributed by atoms with Gasteiger partial charge in [0, 0.05) is 26.6 Å². The van der Waals surface area contributed by atoms with Gasteiger partial charge in [-0.25, -0.2) is 0 Å². The fourth-order valence-electron chi connectivity index (χ4n) is 7.51. The van der Waals surface area contributed by atoms with E-state index in [1.165, 1.54) is 75.1 Å². The minimum atomic E-state index is 0.927. The first-order valence-corrected chi connectivity index (χ1v) is 16.5. The molecule has 0 unspecified atom stereocenters. The van der Waals surface area contributed by atoms with E-state index in [9.17, 15) is 0 Å². The Bertz CT molecular complexity index is 2740. The molecule has 0 saturated heterocycles. The lowest BCUT2D eigenvalue weighted by molar-refractivity contribution is 0.673. The number of para-hydroxylation sites is 1. The molecule has 0 fully saturated rings. The van der Waals surface area contributed by atoms with E-state index >= 15 is 0 Å². The maximum absolute atomic E-state index is 6.61. The van der Waals surface area contributed by atoms with Crippen LogP contribution in [0, 0.1) is 0 Å². The summed E-state index contributed by atoms with van der Waals surface area (Å²) in [5, 5.41) is 11.1. The molecule has 0 amide bonds. The Morgan fingerprint density at radius 3 is 1.67 bits per heavy atom. The van der Waals surface area contributed by atoms with Gasteiger partial charge < -0.3 is 4.42 Å². The van der Waals surface area contributed by atoms with Crippen molar-refractivity contribution in [2.24, 2.45) is 0 Å². The average molecular weight is 603 g/mol. The Morgan fingerprint density at radius 2 is 0.935 bits per heavy atom. The summed E-state index contributed by atoms with van der Waals surface area (Å²) < 4.78 is 7.80. The Labute approximate surface area is 269 Å². The molecule has 2 heteroatoms. The van der Waals surface area contributed by atoms with Crippen LogP contribution in [0.3, 0.4) is 0 Å². The molecule has 46 heavy (non-hydrogen) atoms. The molecule has 0 radical (unpaired) electrons. The predicted molar refractivity (Wildman–Crippen MR) is 198 cm³/mol. The molecule has 10 rings (SSSR count). The third-order valence-electron chi connectivity index (χ3n) is 9.48. The summed E-state index contributed by atoms with van der Waals surface area (Å²) in [6, 6.07) is 57.1. The number of thiophene rings is 1. The van der Waals surface area contributed by atoms with Crippen molar-refractivity contribution in [2.75, 3.05) is 0 Å². The second-order valence-corrected chi connectivity index (χ2v) is 13.0. The largest absolute Gasteiger partial charge is 0.455 e. The first-order chi connectivity index (χ1) is 22.8. The molecule has 0 saturated carbocycles. The van der Waals surface area contributed by atoms with Crippen molar-refractivity contribution in [3.63, 3.8) is 0 Å². The SMILES string of the molecule is c1ccc(-c2sc3c(ccc4c5ccccc5oc43)c2-c2c3ccccc3c(-c3cccc4ccccc34)c3ccccc23)cc1. The first kappa shape index (κ1) is 25.6. The summed E-state index contributed by atoms with van der Waals surface area (Å²) in [5.74, 6) is 0. The van der Waals surface area contributed by atoms with Gasteiger partial charge in [0.15, 0.2) is 5.58 Å². The van der Waals surface area contributed by atoms with E-state index < -0.39 is 0 Å². The summed E-state index contributed by atoms with van der Waals surface area (Å²) in [5.41, 5.74) is 8.20. The second kappa shape index (κ2) is 9.90. The topological polar surface area (TPSA) is 13.1 Å². The highest BCUT2D eigenvalue weighted by atomic mass is 32.1. The molecule has 2 heterocycles. The minimum Gasteiger partial charge on any atom is -0.455 e. The van der Waals surface area contributed by atoms with E-state index in [4.69, 9.17) is 4.42 Å². The number of benzene rings is 8. The van der Waals surface area contributed by atoms with Crippen LogP contribution in [0.5, 0.6) is 0 Å². The molecule has 2 aromatic heterocycles. The molecule has 1 nitrogen and oxygen atoms in total. The van der Waals surface area contributed by atoms with Gasteiger partial charge in [-0.15, -0.1) is 11.3 Å². The van der Waals surface area contributed by atoms with Crippen molar-refractivity contribution in [2.45, 2.75) is 0 Å². The Hall–Kier alpha value is -5.70. The summed E-state index contributed by atoms with van der Waals surface area (Å²) >= 11 is 1.84. The van der Waals surface area contributed by atoms with E-state index in [-0.39, 0.29) is 0 Å². The van der Waals surface area contributed by atoms with Gasteiger partial charge in [0.05, 0.1) is 4.70 Å². The molecule has 0 atom stereocenters. The summed E-state index contributed by atoms with van der Waals surface area (Å²) in [7, 11) is 0. The molecule has 214 valence electrons. The highest BCUT2D eigenvalue weighted by Gasteiger charge is 2.25. The van der Waals surface area contributed by atoms with E-state index in [0.29, 0.717) is 0 Å². The minimum absolute atomic E-state index is 0.927. The summed E-state index contributed by atoms with van der Waals surface area (Å²) in [6.45, 7) is 0. The fraction of sp³-hybridized carbons (Fsp3) is 0. The van der Waals surface area contributed by atoms with Gasteiger partial charge in [-0.3, -0.25) is 0 Å². The molecule has 0 aliphatic rings. The molecule has 10 aromatic rings. The lowest BCUT2D eigenvalue weighted by Crippen LogP contribution is -1.92. The zero-order valence-corrected chi connectivity index (χ0v) is 25.6. The highest BCUT2D eigenvalue weighted by molar-refractivity contribution is 7.24. The quantitative estimate of drug-likeness (QED) is 0.183. The molecular weight excluding hydrogens is 577 g/mol. The molecule has 0 N–H and O–H groups in total. The van der Waals surface area contributed by atoms with Crippen molar-refractivity contribution in [3.05, 3.63) is 158 Å². The second-order valence-electron chi connectivity index (χ2n) is 12.0. The molecule has 0 spiro atoms. The highest BCUT2D eigenvalue weighted by Crippen LogP contribution is 2.53. The molecule has 0 aliphatic carbocycles.